The summed E-state index contributed by atoms with van der Waals surface area (Å²) < 4.78 is 24.8. The number of benzene rings is 2. The fraction of sp³-hybridized carbons (Fsp3) is 0.350. The molecule has 6 heteroatoms. The molecule has 0 radical (unpaired) electrons. The zero-order chi connectivity index (χ0) is 19.1. The Hall–Kier alpha value is -2.08. The highest BCUT2D eigenvalue weighted by molar-refractivity contribution is 9.10. The van der Waals surface area contributed by atoms with Crippen molar-refractivity contribution in [3.05, 3.63) is 57.8 Å². The number of hydrogen-bond donors (Lipinski definition) is 1. The minimum Gasteiger partial charge on any atom is -0.490 e. The molecular formula is C20H23BrFNO3. The van der Waals surface area contributed by atoms with E-state index in [4.69, 9.17) is 9.47 Å². The maximum Gasteiger partial charge on any atom is 0.224 e. The molecule has 0 aromatic heterocycles. The molecule has 140 valence electrons. The molecular weight excluding hydrogens is 401 g/mol. The van der Waals surface area contributed by atoms with Crippen LogP contribution in [-0.4, -0.2) is 19.1 Å². The second-order valence-electron chi connectivity index (χ2n) is 5.79. The zero-order valence-corrected chi connectivity index (χ0v) is 16.7. The SMILES string of the molecule is CCOc1ccc(C(C)NC(=O)Cc2ccc(F)c(Br)c2)cc1OCC. The van der Waals surface area contributed by atoms with Gasteiger partial charge in [0.1, 0.15) is 5.82 Å². The van der Waals surface area contributed by atoms with Gasteiger partial charge in [0.05, 0.1) is 30.1 Å². The van der Waals surface area contributed by atoms with E-state index in [-0.39, 0.29) is 24.2 Å². The first-order valence-corrected chi connectivity index (χ1v) is 9.36. The van der Waals surface area contributed by atoms with Gasteiger partial charge >= 0.3 is 0 Å². The number of hydrogen-bond acceptors (Lipinski definition) is 3. The summed E-state index contributed by atoms with van der Waals surface area (Å²) in [5, 5.41) is 2.96. The fourth-order valence-electron chi connectivity index (χ4n) is 2.55. The number of carbonyl (C=O) groups excluding carboxylic acids is 1. The van der Waals surface area contributed by atoms with Gasteiger partial charge in [-0.05, 0) is 72.1 Å². The topological polar surface area (TPSA) is 47.6 Å². The largest absolute Gasteiger partial charge is 0.490 e. The molecule has 26 heavy (non-hydrogen) atoms. The third-order valence-corrected chi connectivity index (χ3v) is 4.40. The number of amides is 1. The Kier molecular flexibility index (Phi) is 7.45. The second kappa shape index (κ2) is 9.57. The van der Waals surface area contributed by atoms with Crippen molar-refractivity contribution in [2.75, 3.05) is 13.2 Å². The van der Waals surface area contributed by atoms with Crippen LogP contribution in [0.5, 0.6) is 11.5 Å². The van der Waals surface area contributed by atoms with E-state index < -0.39 is 0 Å². The summed E-state index contributed by atoms with van der Waals surface area (Å²) in [5.41, 5.74) is 1.66. The van der Waals surface area contributed by atoms with Crippen LogP contribution < -0.4 is 14.8 Å². The summed E-state index contributed by atoms with van der Waals surface area (Å²) in [4.78, 5) is 12.3. The molecule has 0 bridgehead atoms. The summed E-state index contributed by atoms with van der Waals surface area (Å²) in [7, 11) is 0. The molecule has 2 aromatic carbocycles. The average Bonchev–Trinajstić information content (AvgIpc) is 2.60. The van der Waals surface area contributed by atoms with Crippen molar-refractivity contribution >= 4 is 21.8 Å². The van der Waals surface area contributed by atoms with Crippen LogP contribution in [0.15, 0.2) is 40.9 Å². The van der Waals surface area contributed by atoms with Crippen molar-refractivity contribution in [1.29, 1.82) is 0 Å². The predicted octanol–water partition coefficient (Wildman–Crippen LogP) is 4.81. The van der Waals surface area contributed by atoms with Gasteiger partial charge in [0.2, 0.25) is 5.91 Å². The second-order valence-corrected chi connectivity index (χ2v) is 6.64. The molecule has 0 spiro atoms. The monoisotopic (exact) mass is 423 g/mol. The quantitative estimate of drug-likeness (QED) is 0.662. The van der Waals surface area contributed by atoms with E-state index in [0.29, 0.717) is 29.2 Å². The number of nitrogens with one attached hydrogen (secondary N) is 1. The van der Waals surface area contributed by atoms with Crippen LogP contribution in [0.4, 0.5) is 4.39 Å². The van der Waals surface area contributed by atoms with E-state index in [0.717, 1.165) is 11.1 Å². The summed E-state index contributed by atoms with van der Waals surface area (Å²) in [6.07, 6.45) is 0.179. The number of carbonyl (C=O) groups is 1. The smallest absolute Gasteiger partial charge is 0.224 e. The van der Waals surface area contributed by atoms with Crippen molar-refractivity contribution in [3.8, 4) is 11.5 Å². The summed E-state index contributed by atoms with van der Waals surface area (Å²) in [5.74, 6) is 0.867. The van der Waals surface area contributed by atoms with Gasteiger partial charge in [-0.2, -0.15) is 0 Å². The van der Waals surface area contributed by atoms with E-state index in [1.165, 1.54) is 6.07 Å². The van der Waals surface area contributed by atoms with E-state index in [1.54, 1.807) is 12.1 Å². The summed E-state index contributed by atoms with van der Waals surface area (Å²) >= 11 is 3.13. The van der Waals surface area contributed by atoms with Crippen LogP contribution in [0.2, 0.25) is 0 Å². The maximum atomic E-state index is 13.3. The molecule has 1 unspecified atom stereocenters. The van der Waals surface area contributed by atoms with E-state index in [1.807, 2.05) is 39.0 Å². The minimum atomic E-state index is -0.347. The minimum absolute atomic E-state index is 0.136. The molecule has 1 amide bonds. The Balaban J connectivity index is 2.05. The number of halogens is 2. The van der Waals surface area contributed by atoms with Crippen LogP contribution in [0.1, 0.15) is 37.9 Å². The third-order valence-electron chi connectivity index (χ3n) is 3.79. The average molecular weight is 424 g/mol. The Morgan fingerprint density at radius 3 is 2.46 bits per heavy atom. The fourth-order valence-corrected chi connectivity index (χ4v) is 2.97. The van der Waals surface area contributed by atoms with Crippen LogP contribution in [-0.2, 0) is 11.2 Å². The van der Waals surface area contributed by atoms with Gasteiger partial charge in [0, 0.05) is 0 Å². The van der Waals surface area contributed by atoms with E-state index in [9.17, 15) is 9.18 Å². The Morgan fingerprint density at radius 2 is 1.81 bits per heavy atom. The van der Waals surface area contributed by atoms with Crippen LogP contribution in [0, 0.1) is 5.82 Å². The lowest BCUT2D eigenvalue weighted by Gasteiger charge is -2.17. The Bertz CT molecular complexity index is 767. The van der Waals surface area contributed by atoms with Crippen molar-refractivity contribution in [3.63, 3.8) is 0 Å². The maximum absolute atomic E-state index is 13.3. The Morgan fingerprint density at radius 1 is 1.12 bits per heavy atom. The Labute approximate surface area is 161 Å². The lowest BCUT2D eigenvalue weighted by atomic mass is 10.1. The van der Waals surface area contributed by atoms with Crippen molar-refractivity contribution in [1.82, 2.24) is 5.32 Å². The first kappa shape index (κ1) is 20.2. The lowest BCUT2D eigenvalue weighted by molar-refractivity contribution is -0.121. The standard InChI is InChI=1S/C20H23BrFNO3/c1-4-25-18-9-7-15(12-19(18)26-5-2)13(3)23-20(24)11-14-6-8-17(22)16(21)10-14/h6-10,12-13H,4-5,11H2,1-3H3,(H,23,24). The lowest BCUT2D eigenvalue weighted by Crippen LogP contribution is -2.28. The molecule has 0 fully saturated rings. The molecule has 0 heterocycles. The van der Waals surface area contributed by atoms with Crippen LogP contribution in [0.3, 0.4) is 0 Å². The zero-order valence-electron chi connectivity index (χ0n) is 15.1. The van der Waals surface area contributed by atoms with Gasteiger partial charge in [0.25, 0.3) is 0 Å². The van der Waals surface area contributed by atoms with Gasteiger partial charge in [-0.3, -0.25) is 4.79 Å². The molecule has 0 aliphatic rings. The highest BCUT2D eigenvalue weighted by atomic mass is 79.9. The molecule has 2 aromatic rings. The van der Waals surface area contributed by atoms with Crippen molar-refractivity contribution < 1.29 is 18.7 Å². The number of rotatable bonds is 8. The third kappa shape index (κ3) is 5.46. The predicted molar refractivity (Wildman–Crippen MR) is 103 cm³/mol. The van der Waals surface area contributed by atoms with Crippen LogP contribution in [0.25, 0.3) is 0 Å². The van der Waals surface area contributed by atoms with E-state index in [2.05, 4.69) is 21.2 Å². The molecule has 1 N–H and O–H groups in total. The van der Waals surface area contributed by atoms with Crippen LogP contribution >= 0.6 is 15.9 Å². The molecule has 0 aliphatic heterocycles. The molecule has 0 saturated heterocycles. The highest BCUT2D eigenvalue weighted by Crippen LogP contribution is 2.30. The summed E-state index contributed by atoms with van der Waals surface area (Å²) in [6.45, 7) is 6.82. The molecule has 2 rings (SSSR count). The van der Waals surface area contributed by atoms with Gasteiger partial charge in [-0.1, -0.05) is 12.1 Å². The van der Waals surface area contributed by atoms with Gasteiger partial charge < -0.3 is 14.8 Å². The number of ether oxygens (including phenoxy) is 2. The molecule has 0 saturated carbocycles. The molecule has 4 nitrogen and oxygen atoms in total. The van der Waals surface area contributed by atoms with Crippen molar-refractivity contribution in [2.24, 2.45) is 0 Å². The molecule has 0 aliphatic carbocycles. The summed E-state index contributed by atoms with van der Waals surface area (Å²) in [6, 6.07) is 10.0. The van der Waals surface area contributed by atoms with Crippen molar-refractivity contribution in [2.45, 2.75) is 33.2 Å². The van der Waals surface area contributed by atoms with Gasteiger partial charge in [-0.15, -0.1) is 0 Å². The van der Waals surface area contributed by atoms with Gasteiger partial charge in [0.15, 0.2) is 11.5 Å². The first-order chi connectivity index (χ1) is 12.4. The highest BCUT2D eigenvalue weighted by Gasteiger charge is 2.14. The van der Waals surface area contributed by atoms with Gasteiger partial charge in [-0.25, -0.2) is 4.39 Å². The molecule has 1 atom stereocenters. The van der Waals surface area contributed by atoms with E-state index >= 15 is 0 Å². The first-order valence-electron chi connectivity index (χ1n) is 8.57. The normalized spacial score (nSPS) is 11.7.